The number of hydrogen-bond acceptors (Lipinski definition) is 11. The Morgan fingerprint density at radius 3 is 2.16 bits per heavy atom. The number of carbonyl (C=O) groups is 6. The summed E-state index contributed by atoms with van der Waals surface area (Å²) in [6.45, 7) is 3.33. The van der Waals surface area contributed by atoms with Gasteiger partial charge in [0, 0.05) is 25.8 Å². The van der Waals surface area contributed by atoms with E-state index < -0.39 is 102 Å². The molecule has 0 saturated carbocycles. The number of amides is 5. The van der Waals surface area contributed by atoms with Crippen LogP contribution in [0, 0.1) is 5.92 Å². The molecular weight excluding hydrogens is 678 g/mol. The number of aliphatic carboxylic acids is 1. The third-order valence-electron chi connectivity index (χ3n) is 7.96. The summed E-state index contributed by atoms with van der Waals surface area (Å²) in [4.78, 5) is 78.3. The minimum absolute atomic E-state index is 0.0604. The Labute approximate surface area is 291 Å². The van der Waals surface area contributed by atoms with Crippen molar-refractivity contribution in [3.8, 4) is 0 Å². The first-order chi connectivity index (χ1) is 23.4. The van der Waals surface area contributed by atoms with Gasteiger partial charge in [-0.1, -0.05) is 44.2 Å². The van der Waals surface area contributed by atoms with Gasteiger partial charge in [-0.2, -0.15) is 8.42 Å². The van der Waals surface area contributed by atoms with Gasteiger partial charge in [0.1, 0.15) is 24.2 Å². The number of rotatable bonds is 21. The number of likely N-dealkylation sites (tertiary alicyclic amines) is 1. The number of carboxylic acids is 1. The van der Waals surface area contributed by atoms with E-state index in [9.17, 15) is 41.7 Å². The average molecular weight is 728 g/mol. The quantitative estimate of drug-likeness (QED) is 0.0519. The number of hydrogen-bond donors (Lipinski definition) is 8. The van der Waals surface area contributed by atoms with Crippen LogP contribution >= 0.6 is 0 Å². The zero-order valence-electron chi connectivity index (χ0n) is 28.2. The van der Waals surface area contributed by atoms with E-state index in [-0.39, 0.29) is 31.6 Å². The number of carbonyl (C=O) groups excluding carboxylic acids is 5. The van der Waals surface area contributed by atoms with E-state index in [2.05, 4.69) is 16.0 Å². The van der Waals surface area contributed by atoms with E-state index in [1.165, 1.54) is 0 Å². The monoisotopic (exact) mass is 727 g/mol. The van der Waals surface area contributed by atoms with Crippen LogP contribution in [0.4, 0.5) is 0 Å². The fraction of sp³-hybridized carbons (Fsp3) is 0.613. The molecule has 0 aliphatic carbocycles. The molecule has 1 saturated heterocycles. The zero-order valence-corrected chi connectivity index (χ0v) is 29.0. The Balaban J connectivity index is 2.36. The molecule has 0 bridgehead atoms. The minimum atomic E-state index is -5.01. The third kappa shape index (κ3) is 14.4. The van der Waals surface area contributed by atoms with Gasteiger partial charge in [-0.15, -0.1) is 0 Å². The SMILES string of the molecule is CC(C)C[C@H](NC(=O)[C@@H](N)CCC(=O)O)C(=O)N1C[C@H](OS(=O)(=O)O)C[C@H]1C(=O)N[C@@H](CCCCN)C(=O)N[C@@H](Cc1ccccc1)C(N)=O. The summed E-state index contributed by atoms with van der Waals surface area (Å²) in [5, 5.41) is 16.6. The molecule has 0 aromatic heterocycles. The maximum Gasteiger partial charge on any atom is 0.397 e. The molecule has 1 fully saturated rings. The predicted octanol–water partition coefficient (Wildman–Crippen LogP) is -1.68. The molecule has 19 heteroatoms. The second-order valence-corrected chi connectivity index (χ2v) is 13.7. The van der Waals surface area contributed by atoms with Crippen LogP contribution in [0.3, 0.4) is 0 Å². The molecular formula is C31H49N7O11S. The van der Waals surface area contributed by atoms with Gasteiger partial charge in [-0.25, -0.2) is 4.18 Å². The van der Waals surface area contributed by atoms with Gasteiger partial charge in [-0.3, -0.25) is 33.3 Å². The summed E-state index contributed by atoms with van der Waals surface area (Å²) >= 11 is 0. The number of benzene rings is 1. The normalized spacial score (nSPS) is 18.5. The molecule has 1 aliphatic heterocycles. The second kappa shape index (κ2) is 19.9. The molecule has 280 valence electrons. The van der Waals surface area contributed by atoms with E-state index in [1.54, 1.807) is 44.2 Å². The molecule has 18 nitrogen and oxygen atoms in total. The van der Waals surface area contributed by atoms with Gasteiger partial charge < -0.3 is 43.2 Å². The summed E-state index contributed by atoms with van der Waals surface area (Å²) in [7, 11) is -5.01. The number of unbranched alkanes of at least 4 members (excludes halogenated alkanes) is 1. The number of primary amides is 1. The van der Waals surface area contributed by atoms with Gasteiger partial charge in [0.25, 0.3) is 0 Å². The summed E-state index contributed by atoms with van der Waals surface area (Å²) in [5.74, 6) is -5.39. The Morgan fingerprint density at radius 1 is 0.960 bits per heavy atom. The lowest BCUT2D eigenvalue weighted by atomic mass is 10.0. The van der Waals surface area contributed by atoms with Crippen molar-refractivity contribution < 1.29 is 51.0 Å². The highest BCUT2D eigenvalue weighted by molar-refractivity contribution is 7.80. The highest BCUT2D eigenvalue weighted by Gasteiger charge is 2.45. The molecule has 1 aliphatic rings. The highest BCUT2D eigenvalue weighted by atomic mass is 32.3. The Kier molecular flexibility index (Phi) is 16.7. The van der Waals surface area contributed by atoms with E-state index in [0.717, 1.165) is 10.5 Å². The first kappa shape index (κ1) is 42.0. The van der Waals surface area contributed by atoms with Gasteiger partial charge in [-0.05, 0) is 50.1 Å². The lowest BCUT2D eigenvalue weighted by Gasteiger charge is -2.31. The number of nitrogens with two attached hydrogens (primary N) is 3. The van der Waals surface area contributed by atoms with Crippen LogP contribution in [0.1, 0.15) is 64.4 Å². The molecule has 11 N–H and O–H groups in total. The highest BCUT2D eigenvalue weighted by Crippen LogP contribution is 2.25. The lowest BCUT2D eigenvalue weighted by molar-refractivity contribution is -0.143. The molecule has 1 aromatic rings. The molecule has 0 spiro atoms. The Morgan fingerprint density at radius 2 is 1.60 bits per heavy atom. The largest absolute Gasteiger partial charge is 0.481 e. The van der Waals surface area contributed by atoms with Crippen LogP contribution < -0.4 is 33.2 Å². The van der Waals surface area contributed by atoms with E-state index in [0.29, 0.717) is 19.4 Å². The summed E-state index contributed by atoms with van der Waals surface area (Å²) in [6, 6.07) is 2.47. The van der Waals surface area contributed by atoms with Crippen LogP contribution in [-0.4, -0.2) is 108 Å². The van der Waals surface area contributed by atoms with Crippen LogP contribution in [0.25, 0.3) is 0 Å². The van der Waals surface area contributed by atoms with Crippen molar-refractivity contribution in [3.05, 3.63) is 35.9 Å². The smallest absolute Gasteiger partial charge is 0.397 e. The lowest BCUT2D eigenvalue weighted by Crippen LogP contribution is -2.58. The second-order valence-electron chi connectivity index (χ2n) is 12.6. The molecule has 6 atom stereocenters. The van der Waals surface area contributed by atoms with Crippen LogP contribution in [-0.2, 0) is 49.8 Å². The van der Waals surface area contributed by atoms with Crippen molar-refractivity contribution in [1.82, 2.24) is 20.9 Å². The van der Waals surface area contributed by atoms with Gasteiger partial charge >= 0.3 is 16.4 Å². The maximum absolute atomic E-state index is 13.9. The number of nitrogens with one attached hydrogen (secondary N) is 3. The number of nitrogens with zero attached hydrogens (tertiary/aromatic N) is 1. The zero-order chi connectivity index (χ0) is 37.6. The topological polar surface area (TPSA) is 304 Å². The molecule has 0 radical (unpaired) electrons. The van der Waals surface area contributed by atoms with Crippen molar-refractivity contribution in [3.63, 3.8) is 0 Å². The Bertz CT molecular complexity index is 1450. The summed E-state index contributed by atoms with van der Waals surface area (Å²) in [5.41, 5.74) is 17.7. The maximum atomic E-state index is 13.9. The van der Waals surface area contributed by atoms with E-state index in [1.807, 2.05) is 0 Å². The molecule has 2 rings (SSSR count). The fourth-order valence-electron chi connectivity index (χ4n) is 5.49. The van der Waals surface area contributed by atoms with Crippen LogP contribution in [0.2, 0.25) is 0 Å². The average Bonchev–Trinajstić information content (AvgIpc) is 3.44. The molecule has 1 aromatic carbocycles. The fourth-order valence-corrected chi connectivity index (χ4v) is 5.97. The van der Waals surface area contributed by atoms with Crippen LogP contribution in [0.15, 0.2) is 30.3 Å². The van der Waals surface area contributed by atoms with Crippen molar-refractivity contribution in [1.29, 1.82) is 0 Å². The number of carboxylic acid groups (broad SMARTS) is 1. The molecule has 1 heterocycles. The van der Waals surface area contributed by atoms with Gasteiger partial charge in [0.05, 0.1) is 12.1 Å². The molecule has 5 amide bonds. The van der Waals surface area contributed by atoms with Gasteiger partial charge in [0.15, 0.2) is 0 Å². The Hall–Kier alpha value is -4.17. The van der Waals surface area contributed by atoms with Crippen LogP contribution in [0.5, 0.6) is 0 Å². The van der Waals surface area contributed by atoms with E-state index in [4.69, 9.17) is 26.5 Å². The third-order valence-corrected chi connectivity index (χ3v) is 8.47. The van der Waals surface area contributed by atoms with E-state index >= 15 is 0 Å². The first-order valence-corrected chi connectivity index (χ1v) is 17.7. The van der Waals surface area contributed by atoms with Crippen molar-refractivity contribution in [2.45, 2.75) is 102 Å². The first-order valence-electron chi connectivity index (χ1n) is 16.3. The van der Waals surface area contributed by atoms with Crippen molar-refractivity contribution >= 4 is 45.9 Å². The minimum Gasteiger partial charge on any atom is -0.481 e. The predicted molar refractivity (Wildman–Crippen MR) is 179 cm³/mol. The van der Waals surface area contributed by atoms with Crippen molar-refractivity contribution in [2.75, 3.05) is 13.1 Å². The molecule has 0 unspecified atom stereocenters. The summed E-state index contributed by atoms with van der Waals surface area (Å²) < 4.78 is 37.2. The summed E-state index contributed by atoms with van der Waals surface area (Å²) in [6.07, 6.45) is -1.28. The standard InChI is InChI=1S/C31H49N7O11S/c1-18(2)14-24(37-28(42)21(33)11-12-26(39)40)31(45)38-17-20(49-50(46,47)48)16-25(38)30(44)35-22(10-6-7-13-32)29(43)36-23(27(34)41)15-19-8-4-3-5-9-19/h3-5,8-9,18,20-25H,6-7,10-17,32-33H2,1-2H3,(H2,34,41)(H,35,44)(H,36,43)(H,37,42)(H,39,40)(H,46,47,48)/t20-,21+,22+,23+,24+,25+/m1/s1. The van der Waals surface area contributed by atoms with Gasteiger partial charge in [0.2, 0.25) is 29.5 Å². The van der Waals surface area contributed by atoms with Crippen molar-refractivity contribution in [2.24, 2.45) is 23.1 Å². The molecule has 50 heavy (non-hydrogen) atoms.